The summed E-state index contributed by atoms with van der Waals surface area (Å²) in [5.41, 5.74) is 4.25. The second-order valence-electron chi connectivity index (χ2n) is 6.73. The first kappa shape index (κ1) is 17.5. The number of hydrogen-bond donors (Lipinski definition) is 1. The number of nitrogens with one attached hydrogen (secondary N) is 1. The Kier molecular flexibility index (Phi) is 4.26. The number of aromatic nitrogens is 3. The van der Waals surface area contributed by atoms with Crippen LogP contribution in [-0.4, -0.2) is 14.5 Å². The molecule has 0 aliphatic heterocycles. The van der Waals surface area contributed by atoms with Gasteiger partial charge in [0.15, 0.2) is 0 Å². The molecular formula is C24H16ClN3O. The number of aromatic amines is 1. The lowest BCUT2D eigenvalue weighted by atomic mass is 10.1. The average molecular weight is 398 g/mol. The Labute approximate surface area is 172 Å². The number of para-hydroxylation sites is 1. The maximum absolute atomic E-state index is 13.3. The maximum atomic E-state index is 13.3. The molecule has 5 rings (SSSR count). The van der Waals surface area contributed by atoms with Crippen molar-refractivity contribution >= 4 is 22.5 Å². The van der Waals surface area contributed by atoms with Crippen molar-refractivity contribution in [1.29, 1.82) is 0 Å². The van der Waals surface area contributed by atoms with E-state index in [0.717, 1.165) is 22.5 Å². The minimum atomic E-state index is -0.110. The van der Waals surface area contributed by atoms with Crippen molar-refractivity contribution in [2.24, 2.45) is 0 Å². The molecule has 0 aliphatic carbocycles. The van der Waals surface area contributed by atoms with Crippen LogP contribution in [0.25, 0.3) is 39.2 Å². The molecule has 0 saturated carbocycles. The fraction of sp³-hybridized carbons (Fsp3) is 0. The first-order valence-corrected chi connectivity index (χ1v) is 9.60. The highest BCUT2D eigenvalue weighted by Gasteiger charge is 2.14. The Morgan fingerprint density at radius 1 is 0.793 bits per heavy atom. The number of hydrogen-bond acceptors (Lipinski definition) is 2. The Hall–Kier alpha value is -3.63. The van der Waals surface area contributed by atoms with Gasteiger partial charge in [0.05, 0.1) is 16.6 Å². The van der Waals surface area contributed by atoms with Gasteiger partial charge in [-0.2, -0.15) is 0 Å². The van der Waals surface area contributed by atoms with Gasteiger partial charge in [0.1, 0.15) is 5.82 Å². The van der Waals surface area contributed by atoms with Crippen LogP contribution in [0.5, 0.6) is 0 Å². The summed E-state index contributed by atoms with van der Waals surface area (Å²) in [6.45, 7) is 0. The lowest BCUT2D eigenvalue weighted by Gasteiger charge is -2.14. The third kappa shape index (κ3) is 3.13. The number of rotatable bonds is 3. The lowest BCUT2D eigenvalue weighted by Crippen LogP contribution is -2.21. The molecule has 0 saturated heterocycles. The molecule has 0 amide bonds. The molecule has 0 spiro atoms. The van der Waals surface area contributed by atoms with E-state index in [-0.39, 0.29) is 5.56 Å². The van der Waals surface area contributed by atoms with Gasteiger partial charge in [-0.15, -0.1) is 0 Å². The molecule has 4 nitrogen and oxygen atoms in total. The average Bonchev–Trinajstić information content (AvgIpc) is 3.30. The molecule has 2 aromatic heterocycles. The molecule has 0 atom stereocenters. The SMILES string of the molecule is O=c1c2ccccc2nc(-c2ccc(-c3ccc[nH]3)cc2)n1-c1ccc(Cl)cc1. The highest BCUT2D eigenvalue weighted by Crippen LogP contribution is 2.26. The zero-order chi connectivity index (χ0) is 19.8. The summed E-state index contributed by atoms with van der Waals surface area (Å²) in [5.74, 6) is 0.592. The van der Waals surface area contributed by atoms with E-state index in [1.807, 2.05) is 72.9 Å². The van der Waals surface area contributed by atoms with Crippen molar-refractivity contribution in [3.63, 3.8) is 0 Å². The molecule has 29 heavy (non-hydrogen) atoms. The summed E-state index contributed by atoms with van der Waals surface area (Å²) >= 11 is 6.05. The Bertz CT molecular complexity index is 1350. The van der Waals surface area contributed by atoms with Crippen LogP contribution in [0, 0.1) is 0 Å². The number of nitrogens with zero attached hydrogens (tertiary/aromatic N) is 2. The summed E-state index contributed by atoms with van der Waals surface area (Å²) in [6.07, 6.45) is 1.90. The van der Waals surface area contributed by atoms with Crippen LogP contribution in [0.1, 0.15) is 0 Å². The van der Waals surface area contributed by atoms with E-state index in [2.05, 4.69) is 4.98 Å². The number of H-pyrrole nitrogens is 1. The number of benzene rings is 3. The van der Waals surface area contributed by atoms with E-state index < -0.39 is 0 Å². The third-order valence-electron chi connectivity index (χ3n) is 4.91. The second kappa shape index (κ2) is 7.08. The predicted octanol–water partition coefficient (Wildman–Crippen LogP) is 5.70. The molecule has 0 bridgehead atoms. The van der Waals surface area contributed by atoms with E-state index in [9.17, 15) is 4.79 Å². The molecule has 0 unspecified atom stereocenters. The minimum Gasteiger partial charge on any atom is -0.361 e. The highest BCUT2D eigenvalue weighted by atomic mass is 35.5. The van der Waals surface area contributed by atoms with Crippen LogP contribution in [0.3, 0.4) is 0 Å². The van der Waals surface area contributed by atoms with Crippen LogP contribution in [0.2, 0.25) is 5.02 Å². The van der Waals surface area contributed by atoms with E-state index in [1.165, 1.54) is 0 Å². The van der Waals surface area contributed by atoms with Crippen LogP contribution in [0.15, 0.2) is 95.9 Å². The Morgan fingerprint density at radius 2 is 1.52 bits per heavy atom. The zero-order valence-electron chi connectivity index (χ0n) is 15.3. The zero-order valence-corrected chi connectivity index (χ0v) is 16.1. The molecular weight excluding hydrogens is 382 g/mol. The molecule has 3 aromatic carbocycles. The lowest BCUT2D eigenvalue weighted by molar-refractivity contribution is 0.976. The fourth-order valence-corrected chi connectivity index (χ4v) is 3.59. The smallest absolute Gasteiger partial charge is 0.266 e. The quantitative estimate of drug-likeness (QED) is 0.424. The Balaban J connectivity index is 1.75. The van der Waals surface area contributed by atoms with Crippen molar-refractivity contribution in [2.75, 3.05) is 0 Å². The van der Waals surface area contributed by atoms with Gasteiger partial charge in [0.25, 0.3) is 5.56 Å². The van der Waals surface area contributed by atoms with Gasteiger partial charge in [-0.1, -0.05) is 48.0 Å². The van der Waals surface area contributed by atoms with E-state index in [0.29, 0.717) is 21.7 Å². The standard InChI is InChI=1S/C24H16ClN3O/c25-18-11-13-19(14-12-18)28-23(27-22-5-2-1-4-20(22)24(28)29)17-9-7-16(8-10-17)21-6-3-15-26-21/h1-15,26H. The summed E-state index contributed by atoms with van der Waals surface area (Å²) in [5, 5.41) is 1.20. The molecule has 0 aliphatic rings. The van der Waals surface area contributed by atoms with Gasteiger partial charge in [-0.05, 0) is 54.1 Å². The molecule has 2 heterocycles. The summed E-state index contributed by atoms with van der Waals surface area (Å²) < 4.78 is 1.64. The largest absolute Gasteiger partial charge is 0.361 e. The summed E-state index contributed by atoms with van der Waals surface area (Å²) in [4.78, 5) is 21.4. The van der Waals surface area contributed by atoms with Gasteiger partial charge in [-0.25, -0.2) is 4.98 Å². The first-order chi connectivity index (χ1) is 14.2. The molecule has 140 valence electrons. The minimum absolute atomic E-state index is 0.110. The van der Waals surface area contributed by atoms with Gasteiger partial charge in [-0.3, -0.25) is 9.36 Å². The van der Waals surface area contributed by atoms with Crippen LogP contribution < -0.4 is 5.56 Å². The second-order valence-corrected chi connectivity index (χ2v) is 7.17. The van der Waals surface area contributed by atoms with Crippen LogP contribution >= 0.6 is 11.6 Å². The van der Waals surface area contributed by atoms with Crippen LogP contribution in [-0.2, 0) is 0 Å². The van der Waals surface area contributed by atoms with Crippen molar-refractivity contribution in [3.05, 3.63) is 107 Å². The number of halogens is 1. The van der Waals surface area contributed by atoms with Crippen molar-refractivity contribution < 1.29 is 0 Å². The van der Waals surface area contributed by atoms with Gasteiger partial charge < -0.3 is 4.98 Å². The van der Waals surface area contributed by atoms with Crippen LogP contribution in [0.4, 0.5) is 0 Å². The van der Waals surface area contributed by atoms with Gasteiger partial charge in [0, 0.05) is 22.5 Å². The highest BCUT2D eigenvalue weighted by molar-refractivity contribution is 6.30. The maximum Gasteiger partial charge on any atom is 0.266 e. The Morgan fingerprint density at radius 3 is 2.24 bits per heavy atom. The summed E-state index contributed by atoms with van der Waals surface area (Å²) in [6, 6.07) is 26.6. The van der Waals surface area contributed by atoms with E-state index >= 15 is 0 Å². The van der Waals surface area contributed by atoms with E-state index in [1.54, 1.807) is 22.8 Å². The predicted molar refractivity (Wildman–Crippen MR) is 118 cm³/mol. The van der Waals surface area contributed by atoms with Gasteiger partial charge >= 0.3 is 0 Å². The van der Waals surface area contributed by atoms with E-state index in [4.69, 9.17) is 16.6 Å². The first-order valence-electron chi connectivity index (χ1n) is 9.23. The monoisotopic (exact) mass is 397 g/mol. The molecule has 5 heteroatoms. The van der Waals surface area contributed by atoms with Gasteiger partial charge in [0.2, 0.25) is 0 Å². The van der Waals surface area contributed by atoms with Crippen molar-refractivity contribution in [2.45, 2.75) is 0 Å². The topological polar surface area (TPSA) is 50.7 Å². The van der Waals surface area contributed by atoms with Crippen molar-refractivity contribution in [3.8, 4) is 28.3 Å². The molecule has 5 aromatic rings. The fourth-order valence-electron chi connectivity index (χ4n) is 3.46. The normalized spacial score (nSPS) is 11.1. The number of fused-ring (bicyclic) bond motifs is 1. The molecule has 0 fully saturated rings. The summed E-state index contributed by atoms with van der Waals surface area (Å²) in [7, 11) is 0. The molecule has 1 N–H and O–H groups in total. The third-order valence-corrected chi connectivity index (χ3v) is 5.16. The van der Waals surface area contributed by atoms with Crippen molar-refractivity contribution in [1.82, 2.24) is 14.5 Å². The molecule has 0 radical (unpaired) electrons.